The number of aliphatic hydroxyl groups is 1. The third-order valence-electron chi connectivity index (χ3n) is 0.844. The van der Waals surface area contributed by atoms with Crippen LogP contribution in [-0.2, 0) is 11.1 Å². The van der Waals surface area contributed by atoms with Crippen LogP contribution in [0.25, 0.3) is 0 Å². The fraction of sp³-hybridized carbons (Fsp3) is 1.00. The minimum Gasteiger partial charge on any atom is -0.390 e. The summed E-state index contributed by atoms with van der Waals surface area (Å²) >= 11 is -3.99. The van der Waals surface area contributed by atoms with Gasteiger partial charge in [-0.1, -0.05) is 0 Å². The summed E-state index contributed by atoms with van der Waals surface area (Å²) in [6, 6.07) is 0. The lowest BCUT2D eigenvalue weighted by Gasteiger charge is -2.20. The standard InChI is InChI=1S/C3H4F4O3S/c4-2(5,1-8)3(6,7)11(9)10/h8H,1H2,(H,9,10). The monoisotopic (exact) mass is 196 g/mol. The number of halogens is 4. The zero-order chi connectivity index (χ0) is 9.28. The van der Waals surface area contributed by atoms with Crippen LogP contribution in [0.1, 0.15) is 0 Å². The van der Waals surface area contributed by atoms with Crippen molar-refractivity contribution in [3.8, 4) is 0 Å². The Balaban J connectivity index is 4.67. The molecule has 2 N–H and O–H groups in total. The molecule has 11 heavy (non-hydrogen) atoms. The van der Waals surface area contributed by atoms with Crippen molar-refractivity contribution < 1.29 is 31.4 Å². The molecule has 0 saturated heterocycles. The fourth-order valence-corrected chi connectivity index (χ4v) is 0.540. The second kappa shape index (κ2) is 3.03. The summed E-state index contributed by atoms with van der Waals surface area (Å²) in [7, 11) is 0. The van der Waals surface area contributed by atoms with Crippen molar-refractivity contribution in [1.29, 1.82) is 0 Å². The predicted octanol–water partition coefficient (Wildman–Crippen LogP) is 0.428. The Hall–Kier alpha value is -0.210. The Morgan fingerprint density at radius 1 is 1.27 bits per heavy atom. The van der Waals surface area contributed by atoms with Gasteiger partial charge in [-0.3, -0.25) is 0 Å². The van der Waals surface area contributed by atoms with E-state index in [2.05, 4.69) is 0 Å². The smallest absolute Gasteiger partial charge is 0.390 e. The second-order valence-corrected chi connectivity index (χ2v) is 2.64. The van der Waals surface area contributed by atoms with E-state index in [-0.39, 0.29) is 0 Å². The van der Waals surface area contributed by atoms with Crippen LogP contribution in [0, 0.1) is 0 Å². The van der Waals surface area contributed by atoms with Crippen LogP contribution in [0.4, 0.5) is 17.6 Å². The summed E-state index contributed by atoms with van der Waals surface area (Å²) in [6.45, 7) is -2.17. The SMILES string of the molecule is O=S(O)C(F)(F)C(F)(F)CO. The molecule has 0 radical (unpaired) electrons. The maximum Gasteiger partial charge on any atom is 0.409 e. The van der Waals surface area contributed by atoms with Gasteiger partial charge in [-0.25, -0.2) is 4.21 Å². The van der Waals surface area contributed by atoms with Gasteiger partial charge in [-0.05, 0) is 0 Å². The summed E-state index contributed by atoms with van der Waals surface area (Å²) < 4.78 is 64.7. The molecule has 0 aromatic heterocycles. The van der Waals surface area contributed by atoms with Gasteiger partial charge in [0.2, 0.25) is 11.1 Å². The molecule has 8 heteroatoms. The van der Waals surface area contributed by atoms with Gasteiger partial charge < -0.3 is 9.66 Å². The van der Waals surface area contributed by atoms with Crippen molar-refractivity contribution in [2.45, 2.75) is 11.2 Å². The molecule has 0 spiro atoms. The van der Waals surface area contributed by atoms with E-state index in [9.17, 15) is 21.8 Å². The average molecular weight is 196 g/mol. The molecule has 1 unspecified atom stereocenters. The number of hydrogen-bond acceptors (Lipinski definition) is 2. The molecule has 0 rings (SSSR count). The minimum absolute atomic E-state index is 2.17. The van der Waals surface area contributed by atoms with Gasteiger partial charge in [0.05, 0.1) is 0 Å². The van der Waals surface area contributed by atoms with Crippen molar-refractivity contribution in [2.24, 2.45) is 0 Å². The van der Waals surface area contributed by atoms with Crippen LogP contribution in [0.5, 0.6) is 0 Å². The van der Waals surface area contributed by atoms with Gasteiger partial charge >= 0.3 is 11.2 Å². The summed E-state index contributed by atoms with van der Waals surface area (Å²) in [5, 5.41) is 2.59. The summed E-state index contributed by atoms with van der Waals surface area (Å²) in [5.41, 5.74) is 0. The Labute approximate surface area is 61.3 Å². The van der Waals surface area contributed by atoms with Crippen LogP contribution in [0.15, 0.2) is 0 Å². The van der Waals surface area contributed by atoms with Crippen LogP contribution in [0.2, 0.25) is 0 Å². The highest BCUT2D eigenvalue weighted by Gasteiger charge is 2.60. The summed E-state index contributed by atoms with van der Waals surface area (Å²) in [6.07, 6.45) is 0. The highest BCUT2D eigenvalue weighted by Crippen LogP contribution is 2.35. The molecular formula is C3H4F4O3S. The van der Waals surface area contributed by atoms with E-state index in [0.717, 1.165) is 0 Å². The molecule has 0 amide bonds. The van der Waals surface area contributed by atoms with Gasteiger partial charge in [0.1, 0.15) is 6.61 Å². The largest absolute Gasteiger partial charge is 0.409 e. The maximum absolute atomic E-state index is 11.9. The lowest BCUT2D eigenvalue weighted by Crippen LogP contribution is -2.46. The number of alkyl halides is 4. The van der Waals surface area contributed by atoms with Gasteiger partial charge in [0.25, 0.3) is 0 Å². The normalized spacial score (nSPS) is 16.5. The van der Waals surface area contributed by atoms with E-state index >= 15 is 0 Å². The molecule has 1 atom stereocenters. The molecule has 0 aromatic carbocycles. The van der Waals surface area contributed by atoms with Gasteiger partial charge in [-0.15, -0.1) is 0 Å². The first-order valence-corrected chi connectivity index (χ1v) is 3.34. The first-order chi connectivity index (χ1) is 4.75. The average Bonchev–Trinajstić information content (AvgIpc) is 1.87. The van der Waals surface area contributed by atoms with E-state index in [1.807, 2.05) is 0 Å². The fourth-order valence-electron chi connectivity index (χ4n) is 0.220. The van der Waals surface area contributed by atoms with E-state index in [1.165, 1.54) is 0 Å². The number of aliphatic hydroxyl groups excluding tert-OH is 1. The van der Waals surface area contributed by atoms with Crippen molar-refractivity contribution in [2.75, 3.05) is 6.61 Å². The quantitative estimate of drug-likeness (QED) is 0.508. The van der Waals surface area contributed by atoms with E-state index in [1.54, 1.807) is 0 Å². The topological polar surface area (TPSA) is 57.5 Å². The Morgan fingerprint density at radius 3 is 1.73 bits per heavy atom. The minimum atomic E-state index is -5.11. The lowest BCUT2D eigenvalue weighted by molar-refractivity contribution is -0.178. The first-order valence-electron chi connectivity index (χ1n) is 2.23. The summed E-state index contributed by atoms with van der Waals surface area (Å²) in [5.74, 6) is -4.87. The summed E-state index contributed by atoms with van der Waals surface area (Å²) in [4.78, 5) is 0. The molecule has 68 valence electrons. The maximum atomic E-state index is 11.9. The van der Waals surface area contributed by atoms with E-state index in [0.29, 0.717) is 0 Å². The van der Waals surface area contributed by atoms with Gasteiger partial charge in [0, 0.05) is 0 Å². The molecule has 0 fully saturated rings. The van der Waals surface area contributed by atoms with Crippen LogP contribution in [0.3, 0.4) is 0 Å². The van der Waals surface area contributed by atoms with Crippen LogP contribution >= 0.6 is 0 Å². The third-order valence-corrected chi connectivity index (χ3v) is 1.58. The van der Waals surface area contributed by atoms with Crippen molar-refractivity contribution >= 4 is 11.1 Å². The zero-order valence-electron chi connectivity index (χ0n) is 4.93. The first kappa shape index (κ1) is 10.8. The van der Waals surface area contributed by atoms with Gasteiger partial charge in [0.15, 0.2) is 0 Å². The van der Waals surface area contributed by atoms with Gasteiger partial charge in [-0.2, -0.15) is 17.6 Å². The van der Waals surface area contributed by atoms with E-state index < -0.39 is 28.9 Å². The number of rotatable bonds is 3. The van der Waals surface area contributed by atoms with Crippen molar-refractivity contribution in [3.63, 3.8) is 0 Å². The van der Waals surface area contributed by atoms with Crippen molar-refractivity contribution in [1.82, 2.24) is 0 Å². The zero-order valence-corrected chi connectivity index (χ0v) is 5.75. The Kier molecular flexibility index (Phi) is 2.98. The highest BCUT2D eigenvalue weighted by molar-refractivity contribution is 7.80. The number of hydrogen-bond donors (Lipinski definition) is 2. The molecule has 3 nitrogen and oxygen atoms in total. The second-order valence-electron chi connectivity index (χ2n) is 1.63. The molecular weight excluding hydrogens is 192 g/mol. The predicted molar refractivity (Wildman–Crippen MR) is 27.8 cm³/mol. The van der Waals surface area contributed by atoms with E-state index in [4.69, 9.17) is 9.66 Å². The Morgan fingerprint density at radius 2 is 1.64 bits per heavy atom. The molecule has 0 saturated carbocycles. The molecule has 0 bridgehead atoms. The molecule has 0 aliphatic heterocycles. The highest BCUT2D eigenvalue weighted by atomic mass is 32.2. The molecule has 0 aromatic rings. The Bertz CT molecular complexity index is 170. The lowest BCUT2D eigenvalue weighted by atomic mass is 10.4. The van der Waals surface area contributed by atoms with Crippen LogP contribution in [-0.4, -0.2) is 31.7 Å². The molecule has 0 aliphatic rings. The van der Waals surface area contributed by atoms with Crippen LogP contribution < -0.4 is 0 Å². The molecule has 0 heterocycles. The third kappa shape index (κ3) is 1.88. The van der Waals surface area contributed by atoms with Crippen molar-refractivity contribution in [3.05, 3.63) is 0 Å². The molecule has 0 aliphatic carbocycles.